The van der Waals surface area contributed by atoms with Crippen molar-refractivity contribution in [3.05, 3.63) is 70.1 Å². The van der Waals surface area contributed by atoms with Crippen LogP contribution < -0.4 is 9.47 Å². The van der Waals surface area contributed by atoms with Crippen LogP contribution in [0.4, 0.5) is 0 Å². The lowest BCUT2D eigenvalue weighted by Gasteiger charge is -2.26. The molecule has 9 nitrogen and oxygen atoms in total. The third kappa shape index (κ3) is 4.60. The van der Waals surface area contributed by atoms with E-state index in [1.807, 2.05) is 0 Å². The van der Waals surface area contributed by atoms with E-state index in [0.29, 0.717) is 27.3 Å². The predicted molar refractivity (Wildman–Crippen MR) is 126 cm³/mol. The molecule has 1 atom stereocenters. The van der Waals surface area contributed by atoms with Gasteiger partial charge in [-0.05, 0) is 29.8 Å². The minimum absolute atomic E-state index is 0.0994. The number of carbonyl (C=O) groups excluding carboxylic acids is 3. The van der Waals surface area contributed by atoms with E-state index >= 15 is 0 Å². The summed E-state index contributed by atoms with van der Waals surface area (Å²) in [5, 5.41) is 11.7. The summed E-state index contributed by atoms with van der Waals surface area (Å²) in [4.78, 5) is 39.4. The molecular formula is C25H22ClNO8. The second kappa shape index (κ2) is 9.81. The fourth-order valence-corrected chi connectivity index (χ4v) is 4.27. The average molecular weight is 500 g/mol. The number of hydrogen-bond acceptors (Lipinski definition) is 8. The molecule has 1 amide bonds. The van der Waals surface area contributed by atoms with Gasteiger partial charge in [0.2, 0.25) is 5.78 Å². The molecule has 182 valence electrons. The van der Waals surface area contributed by atoms with E-state index in [0.717, 1.165) is 0 Å². The maximum atomic E-state index is 13.6. The Morgan fingerprint density at radius 1 is 1.17 bits per heavy atom. The number of hydrogen-bond donors (Lipinski definition) is 1. The Kier molecular flexibility index (Phi) is 6.81. The number of Topliss-reactive ketones (excluding diaryl/α,β-unsaturated/α-hetero) is 1. The summed E-state index contributed by atoms with van der Waals surface area (Å²) in [6, 6.07) is 10.1. The van der Waals surface area contributed by atoms with E-state index < -0.39 is 29.5 Å². The van der Waals surface area contributed by atoms with Crippen molar-refractivity contribution in [2.45, 2.75) is 13.0 Å². The van der Waals surface area contributed by atoms with Crippen LogP contribution in [0.5, 0.6) is 11.5 Å². The van der Waals surface area contributed by atoms with Gasteiger partial charge in [-0.15, -0.1) is 0 Å². The van der Waals surface area contributed by atoms with Gasteiger partial charge >= 0.3 is 5.97 Å². The number of methoxy groups -OCH3 is 2. The maximum absolute atomic E-state index is 13.6. The molecule has 1 unspecified atom stereocenters. The van der Waals surface area contributed by atoms with E-state index in [-0.39, 0.29) is 30.2 Å². The van der Waals surface area contributed by atoms with Crippen LogP contribution in [0.15, 0.2) is 58.2 Å². The molecule has 35 heavy (non-hydrogen) atoms. The number of halogens is 1. The zero-order valence-electron chi connectivity index (χ0n) is 19.2. The summed E-state index contributed by atoms with van der Waals surface area (Å²) in [7, 11) is 2.92. The van der Waals surface area contributed by atoms with Gasteiger partial charge in [0.1, 0.15) is 5.75 Å². The summed E-state index contributed by atoms with van der Waals surface area (Å²) in [5.74, 6) is -2.18. The van der Waals surface area contributed by atoms with Gasteiger partial charge < -0.3 is 28.6 Å². The molecule has 0 radical (unpaired) electrons. The van der Waals surface area contributed by atoms with Gasteiger partial charge in [-0.25, -0.2) is 0 Å². The van der Waals surface area contributed by atoms with Crippen LogP contribution >= 0.6 is 11.6 Å². The SMILES string of the molecule is COCCN1C(=O)C(O)=C(C(=O)c2cc3cc(Cl)cc(OC)c3o2)C1c1cccc(OC(C)=O)c1. The Morgan fingerprint density at radius 2 is 1.94 bits per heavy atom. The van der Waals surface area contributed by atoms with Gasteiger partial charge in [0, 0.05) is 37.1 Å². The minimum Gasteiger partial charge on any atom is -0.503 e. The van der Waals surface area contributed by atoms with E-state index in [4.69, 9.17) is 30.2 Å². The minimum atomic E-state index is -0.973. The van der Waals surface area contributed by atoms with Crippen LogP contribution in [0.2, 0.25) is 5.02 Å². The molecule has 4 rings (SSSR count). The van der Waals surface area contributed by atoms with Crippen molar-refractivity contribution in [1.82, 2.24) is 4.90 Å². The molecule has 0 spiro atoms. The van der Waals surface area contributed by atoms with Crippen molar-refractivity contribution >= 4 is 40.2 Å². The summed E-state index contributed by atoms with van der Waals surface area (Å²) in [6.45, 7) is 1.53. The number of nitrogens with zero attached hydrogens (tertiary/aromatic N) is 1. The van der Waals surface area contributed by atoms with Gasteiger partial charge in [0.25, 0.3) is 5.91 Å². The zero-order valence-corrected chi connectivity index (χ0v) is 19.9. The number of furan rings is 1. The summed E-state index contributed by atoms with van der Waals surface area (Å²) in [6.07, 6.45) is 0. The molecule has 0 saturated carbocycles. The number of benzene rings is 2. The average Bonchev–Trinajstić information content (AvgIpc) is 3.35. The molecule has 0 aliphatic carbocycles. The topological polar surface area (TPSA) is 116 Å². The number of aliphatic hydroxyl groups excluding tert-OH is 1. The Balaban J connectivity index is 1.82. The fraction of sp³-hybridized carbons (Fsp3) is 0.240. The van der Waals surface area contributed by atoms with Gasteiger partial charge in [-0.1, -0.05) is 23.7 Å². The highest BCUT2D eigenvalue weighted by molar-refractivity contribution is 6.31. The quantitative estimate of drug-likeness (QED) is 0.278. The molecule has 1 aromatic heterocycles. The number of rotatable bonds is 8. The Labute approximate surface area is 205 Å². The second-order valence-electron chi connectivity index (χ2n) is 7.79. The lowest BCUT2D eigenvalue weighted by atomic mass is 9.95. The zero-order chi connectivity index (χ0) is 25.3. The molecule has 1 N–H and O–H groups in total. The lowest BCUT2D eigenvalue weighted by molar-refractivity contribution is -0.132. The molecule has 1 aliphatic rings. The molecule has 2 heterocycles. The molecule has 0 bridgehead atoms. The predicted octanol–water partition coefficient (Wildman–Crippen LogP) is 4.24. The standard InChI is InChI=1S/C25H22ClNO8/c1-13(28)34-17-6-4-5-14(10-17)21-20(23(30)25(31)27(21)7-8-32-2)22(29)18-11-15-9-16(26)12-19(33-3)24(15)35-18/h4-6,9-12,21,30H,7-8H2,1-3H3. The second-order valence-corrected chi connectivity index (χ2v) is 8.22. The van der Waals surface area contributed by atoms with Crippen molar-refractivity contribution < 1.29 is 38.1 Å². The van der Waals surface area contributed by atoms with Crippen molar-refractivity contribution in [2.24, 2.45) is 0 Å². The smallest absolute Gasteiger partial charge is 0.308 e. The van der Waals surface area contributed by atoms with Crippen LogP contribution in [0, 0.1) is 0 Å². The molecule has 3 aromatic rings. The Hall–Kier alpha value is -3.82. The van der Waals surface area contributed by atoms with E-state index in [1.165, 1.54) is 38.2 Å². The van der Waals surface area contributed by atoms with E-state index in [1.54, 1.807) is 30.3 Å². The maximum Gasteiger partial charge on any atom is 0.308 e. The molecule has 1 aliphatic heterocycles. The van der Waals surface area contributed by atoms with E-state index in [2.05, 4.69) is 0 Å². The van der Waals surface area contributed by atoms with Crippen LogP contribution in [-0.2, 0) is 14.3 Å². The first-order valence-electron chi connectivity index (χ1n) is 10.6. The highest BCUT2D eigenvalue weighted by Gasteiger charge is 2.44. The van der Waals surface area contributed by atoms with Crippen LogP contribution in [0.1, 0.15) is 29.1 Å². The Morgan fingerprint density at radius 3 is 2.63 bits per heavy atom. The normalized spacial score (nSPS) is 15.7. The third-order valence-electron chi connectivity index (χ3n) is 5.51. The highest BCUT2D eigenvalue weighted by Crippen LogP contribution is 2.41. The number of esters is 1. The van der Waals surface area contributed by atoms with Crippen LogP contribution in [0.3, 0.4) is 0 Å². The summed E-state index contributed by atoms with van der Waals surface area (Å²) < 4.78 is 21.3. The Bertz CT molecular complexity index is 1360. The molecule has 0 saturated heterocycles. The van der Waals surface area contributed by atoms with Crippen LogP contribution in [0.25, 0.3) is 11.0 Å². The van der Waals surface area contributed by atoms with Crippen molar-refractivity contribution in [3.63, 3.8) is 0 Å². The monoisotopic (exact) mass is 499 g/mol. The first-order valence-corrected chi connectivity index (χ1v) is 11.0. The van der Waals surface area contributed by atoms with Gasteiger partial charge in [-0.2, -0.15) is 0 Å². The first kappa shape index (κ1) is 24.3. The fourth-order valence-electron chi connectivity index (χ4n) is 4.05. The molecule has 2 aromatic carbocycles. The number of amides is 1. The van der Waals surface area contributed by atoms with Crippen molar-refractivity contribution in [3.8, 4) is 11.5 Å². The number of aliphatic hydroxyl groups is 1. The van der Waals surface area contributed by atoms with Gasteiger partial charge in [0.05, 0.1) is 25.3 Å². The van der Waals surface area contributed by atoms with Crippen molar-refractivity contribution in [2.75, 3.05) is 27.4 Å². The number of fused-ring (bicyclic) bond motifs is 1. The molecule has 0 fully saturated rings. The third-order valence-corrected chi connectivity index (χ3v) is 5.73. The highest BCUT2D eigenvalue weighted by atomic mass is 35.5. The number of ether oxygens (including phenoxy) is 3. The number of ketones is 1. The largest absolute Gasteiger partial charge is 0.503 e. The van der Waals surface area contributed by atoms with Crippen molar-refractivity contribution in [1.29, 1.82) is 0 Å². The first-order chi connectivity index (χ1) is 16.7. The van der Waals surface area contributed by atoms with Crippen LogP contribution in [-0.4, -0.2) is 55.0 Å². The molecule has 10 heteroatoms. The van der Waals surface area contributed by atoms with Gasteiger partial charge in [0.15, 0.2) is 22.9 Å². The lowest BCUT2D eigenvalue weighted by Crippen LogP contribution is -2.34. The van der Waals surface area contributed by atoms with Gasteiger partial charge in [-0.3, -0.25) is 14.4 Å². The van der Waals surface area contributed by atoms with E-state index in [9.17, 15) is 19.5 Å². The molecular weight excluding hydrogens is 478 g/mol. The summed E-state index contributed by atoms with van der Waals surface area (Å²) >= 11 is 6.13. The summed E-state index contributed by atoms with van der Waals surface area (Å²) in [5.41, 5.74) is 0.585. The number of carbonyl (C=O) groups is 3.